The molecular formula is C19H16ClF3N4O. The van der Waals surface area contributed by atoms with Crippen LogP contribution in [0.5, 0.6) is 5.75 Å². The molecule has 3 aromatic rings. The number of aromatic nitrogens is 2. The third-order valence-electron chi connectivity index (χ3n) is 3.64. The normalized spacial score (nSPS) is 11.2. The highest BCUT2D eigenvalue weighted by molar-refractivity contribution is 6.33. The maximum atomic E-state index is 13.3. The van der Waals surface area contributed by atoms with E-state index in [1.54, 1.807) is 48.5 Å². The number of rotatable bonds is 6. The van der Waals surface area contributed by atoms with Gasteiger partial charge in [0.15, 0.2) is 0 Å². The van der Waals surface area contributed by atoms with Crippen molar-refractivity contribution in [1.82, 2.24) is 9.97 Å². The van der Waals surface area contributed by atoms with Gasteiger partial charge in [0, 0.05) is 11.9 Å². The Morgan fingerprint density at radius 2 is 1.75 bits per heavy atom. The Morgan fingerprint density at radius 3 is 2.39 bits per heavy atom. The summed E-state index contributed by atoms with van der Waals surface area (Å²) in [6.45, 7) is 2.40. The highest BCUT2D eigenvalue weighted by Crippen LogP contribution is 2.36. The smallest absolute Gasteiger partial charge is 0.421 e. The topological polar surface area (TPSA) is 59.1 Å². The van der Waals surface area contributed by atoms with Crippen LogP contribution in [0.1, 0.15) is 12.5 Å². The van der Waals surface area contributed by atoms with E-state index in [1.807, 2.05) is 6.92 Å². The summed E-state index contributed by atoms with van der Waals surface area (Å²) < 4.78 is 45.4. The summed E-state index contributed by atoms with van der Waals surface area (Å²) in [7, 11) is 0. The van der Waals surface area contributed by atoms with Crippen LogP contribution in [-0.4, -0.2) is 16.6 Å². The zero-order valence-electron chi connectivity index (χ0n) is 14.7. The van der Waals surface area contributed by atoms with Crippen molar-refractivity contribution in [2.45, 2.75) is 13.1 Å². The molecule has 0 unspecified atom stereocenters. The predicted octanol–water partition coefficient (Wildman–Crippen LogP) is 6.03. The molecule has 9 heteroatoms. The van der Waals surface area contributed by atoms with Crippen molar-refractivity contribution in [3.63, 3.8) is 0 Å². The van der Waals surface area contributed by atoms with Gasteiger partial charge < -0.3 is 15.4 Å². The molecule has 146 valence electrons. The van der Waals surface area contributed by atoms with E-state index in [0.717, 1.165) is 6.20 Å². The van der Waals surface area contributed by atoms with Crippen molar-refractivity contribution >= 4 is 34.7 Å². The molecule has 0 spiro atoms. The number of halogens is 4. The van der Waals surface area contributed by atoms with Gasteiger partial charge in [0.05, 0.1) is 17.3 Å². The Balaban J connectivity index is 1.90. The summed E-state index contributed by atoms with van der Waals surface area (Å²) in [6.07, 6.45) is -3.90. The van der Waals surface area contributed by atoms with Gasteiger partial charge in [-0.05, 0) is 43.3 Å². The number of nitrogens with zero attached hydrogens (tertiary/aromatic N) is 2. The summed E-state index contributed by atoms with van der Waals surface area (Å²) in [4.78, 5) is 7.76. The highest BCUT2D eigenvalue weighted by Gasteiger charge is 2.35. The first-order valence-corrected chi connectivity index (χ1v) is 8.70. The van der Waals surface area contributed by atoms with Gasteiger partial charge >= 0.3 is 6.18 Å². The van der Waals surface area contributed by atoms with Crippen molar-refractivity contribution in [2.75, 3.05) is 17.2 Å². The van der Waals surface area contributed by atoms with Gasteiger partial charge in [-0.15, -0.1) is 0 Å². The maximum absolute atomic E-state index is 13.3. The van der Waals surface area contributed by atoms with Gasteiger partial charge in [0.25, 0.3) is 0 Å². The molecule has 0 saturated carbocycles. The fraction of sp³-hybridized carbons (Fsp3) is 0.158. The van der Waals surface area contributed by atoms with Gasteiger partial charge in [-0.2, -0.15) is 18.2 Å². The minimum absolute atomic E-state index is 0.00622. The van der Waals surface area contributed by atoms with E-state index < -0.39 is 17.6 Å². The second kappa shape index (κ2) is 8.35. The highest BCUT2D eigenvalue weighted by atomic mass is 35.5. The number of alkyl halides is 3. The molecule has 28 heavy (non-hydrogen) atoms. The van der Waals surface area contributed by atoms with E-state index in [4.69, 9.17) is 16.3 Å². The van der Waals surface area contributed by atoms with Crippen molar-refractivity contribution < 1.29 is 17.9 Å². The second-order valence-electron chi connectivity index (χ2n) is 5.64. The molecule has 0 amide bonds. The first kappa shape index (κ1) is 19.8. The minimum Gasteiger partial charge on any atom is -0.494 e. The quantitative estimate of drug-likeness (QED) is 0.521. The maximum Gasteiger partial charge on any atom is 0.421 e. The van der Waals surface area contributed by atoms with E-state index in [0.29, 0.717) is 23.7 Å². The van der Waals surface area contributed by atoms with Gasteiger partial charge in [0.2, 0.25) is 5.95 Å². The first-order chi connectivity index (χ1) is 13.4. The van der Waals surface area contributed by atoms with Gasteiger partial charge in [-0.3, -0.25) is 0 Å². The fourth-order valence-corrected chi connectivity index (χ4v) is 2.55. The van der Waals surface area contributed by atoms with E-state index >= 15 is 0 Å². The van der Waals surface area contributed by atoms with Crippen LogP contribution in [0.2, 0.25) is 5.02 Å². The third-order valence-corrected chi connectivity index (χ3v) is 3.97. The van der Waals surface area contributed by atoms with Crippen LogP contribution in [0.25, 0.3) is 0 Å². The number of benzene rings is 2. The van der Waals surface area contributed by atoms with Gasteiger partial charge in [0.1, 0.15) is 17.1 Å². The van der Waals surface area contributed by atoms with E-state index in [1.165, 1.54) is 0 Å². The molecule has 1 aromatic heterocycles. The lowest BCUT2D eigenvalue weighted by Crippen LogP contribution is -2.12. The summed E-state index contributed by atoms with van der Waals surface area (Å²) in [6, 6.07) is 13.4. The van der Waals surface area contributed by atoms with Crippen LogP contribution in [0.4, 0.5) is 36.3 Å². The summed E-state index contributed by atoms with van der Waals surface area (Å²) in [5, 5.41) is 5.78. The minimum atomic E-state index is -4.62. The van der Waals surface area contributed by atoms with Crippen LogP contribution >= 0.6 is 11.6 Å². The Kier molecular flexibility index (Phi) is 5.89. The van der Waals surface area contributed by atoms with Crippen LogP contribution in [-0.2, 0) is 6.18 Å². The second-order valence-corrected chi connectivity index (χ2v) is 6.05. The molecule has 5 nitrogen and oxygen atoms in total. The lowest BCUT2D eigenvalue weighted by atomic mass is 10.2. The third kappa shape index (κ3) is 4.83. The lowest BCUT2D eigenvalue weighted by Gasteiger charge is -2.15. The van der Waals surface area contributed by atoms with Crippen LogP contribution in [0.3, 0.4) is 0 Å². The standard InChI is InChI=1S/C19H16ClF3N4O/c1-2-28-13-9-7-12(8-10-13)25-18-24-11-14(19(21,22)23)17(27-18)26-16-6-4-3-5-15(16)20/h3-11H,2H2,1H3,(H2,24,25,26,27). The molecule has 2 N–H and O–H groups in total. The molecule has 0 aliphatic carbocycles. The van der Waals surface area contributed by atoms with Crippen LogP contribution in [0.15, 0.2) is 54.7 Å². The number of nitrogens with one attached hydrogen (secondary N) is 2. The molecule has 0 aliphatic heterocycles. The number of para-hydroxylation sites is 1. The Labute approximate surface area is 164 Å². The van der Waals surface area contributed by atoms with Crippen molar-refractivity contribution in [1.29, 1.82) is 0 Å². The van der Waals surface area contributed by atoms with E-state index in [-0.39, 0.29) is 11.0 Å². The van der Waals surface area contributed by atoms with Crippen molar-refractivity contribution in [2.24, 2.45) is 0 Å². The summed E-state index contributed by atoms with van der Waals surface area (Å²) in [5.41, 5.74) is -0.0862. The molecule has 1 heterocycles. The molecular weight excluding hydrogens is 393 g/mol. The molecule has 0 radical (unpaired) electrons. The number of hydrogen-bond donors (Lipinski definition) is 2. The lowest BCUT2D eigenvalue weighted by molar-refractivity contribution is -0.137. The average molecular weight is 409 g/mol. The zero-order valence-corrected chi connectivity index (χ0v) is 15.5. The Bertz CT molecular complexity index is 949. The fourth-order valence-electron chi connectivity index (χ4n) is 2.37. The number of ether oxygens (including phenoxy) is 1. The summed E-state index contributed by atoms with van der Waals surface area (Å²) >= 11 is 6.04. The van der Waals surface area contributed by atoms with E-state index in [2.05, 4.69) is 20.6 Å². The SMILES string of the molecule is CCOc1ccc(Nc2ncc(C(F)(F)F)c(Nc3ccccc3Cl)n2)cc1. The van der Waals surface area contributed by atoms with Gasteiger partial charge in [-0.1, -0.05) is 23.7 Å². The largest absolute Gasteiger partial charge is 0.494 e. The van der Waals surface area contributed by atoms with Crippen LogP contribution in [0, 0.1) is 0 Å². The van der Waals surface area contributed by atoms with Crippen LogP contribution < -0.4 is 15.4 Å². The molecule has 0 fully saturated rings. The Hall–Kier alpha value is -3.00. The molecule has 0 atom stereocenters. The molecule has 0 aliphatic rings. The molecule has 0 bridgehead atoms. The van der Waals surface area contributed by atoms with Crippen molar-refractivity contribution in [3.05, 3.63) is 65.3 Å². The van der Waals surface area contributed by atoms with Crippen molar-refractivity contribution in [3.8, 4) is 5.75 Å². The Morgan fingerprint density at radius 1 is 1.04 bits per heavy atom. The van der Waals surface area contributed by atoms with E-state index in [9.17, 15) is 13.2 Å². The molecule has 2 aromatic carbocycles. The molecule has 3 rings (SSSR count). The first-order valence-electron chi connectivity index (χ1n) is 8.32. The summed E-state index contributed by atoms with van der Waals surface area (Å²) in [5.74, 6) is 0.290. The van der Waals surface area contributed by atoms with Gasteiger partial charge in [-0.25, -0.2) is 4.98 Å². The zero-order chi connectivity index (χ0) is 20.1. The average Bonchev–Trinajstić information content (AvgIpc) is 2.65. The number of anilines is 4. The monoisotopic (exact) mass is 408 g/mol. The molecule has 0 saturated heterocycles. The number of hydrogen-bond acceptors (Lipinski definition) is 5. The predicted molar refractivity (Wildman–Crippen MR) is 103 cm³/mol.